The molecule has 8 nitrogen and oxygen atoms in total. The van der Waals surface area contributed by atoms with Crippen LogP contribution in [0, 0.1) is 23.4 Å². The van der Waals surface area contributed by atoms with Gasteiger partial charge in [0.05, 0.1) is 17.9 Å². The number of halogens is 3. The molecule has 2 unspecified atom stereocenters. The fraction of sp³-hybridized carbons (Fsp3) is 0.214. The average Bonchev–Trinajstić information content (AvgIpc) is 3.61. The number of carbonyl (C=O) groups excluding carboxylic acids is 2. The number of carbonyl (C=O) groups is 2. The first kappa shape index (κ1) is 26.1. The zero-order valence-corrected chi connectivity index (χ0v) is 20.6. The molecule has 1 N–H and O–H groups in total. The number of nitrogens with zero attached hydrogens (tertiary/aromatic N) is 4. The van der Waals surface area contributed by atoms with Crippen molar-refractivity contribution >= 4 is 17.5 Å². The minimum absolute atomic E-state index is 0.0855. The van der Waals surface area contributed by atoms with Crippen LogP contribution in [0.15, 0.2) is 79.1 Å². The van der Waals surface area contributed by atoms with Crippen LogP contribution in [0.3, 0.4) is 0 Å². The van der Waals surface area contributed by atoms with E-state index < -0.39 is 29.5 Å². The van der Waals surface area contributed by atoms with Gasteiger partial charge in [-0.2, -0.15) is 0 Å². The lowest BCUT2D eigenvalue weighted by Crippen LogP contribution is -2.48. The molecule has 11 heteroatoms. The Morgan fingerprint density at radius 2 is 1.67 bits per heavy atom. The normalized spacial score (nSPS) is 16.7. The number of anilines is 1. The topological polar surface area (TPSA) is 89.4 Å². The number of ether oxygens (including phenoxy) is 1. The smallest absolute Gasteiger partial charge is 0.255 e. The Morgan fingerprint density at radius 3 is 2.33 bits per heavy atom. The van der Waals surface area contributed by atoms with Crippen LogP contribution in [-0.4, -0.2) is 39.4 Å². The van der Waals surface area contributed by atoms with Gasteiger partial charge in [-0.15, -0.1) is 5.10 Å². The molecular formula is C28H24F3N5O3. The third-order valence-corrected chi connectivity index (χ3v) is 6.43. The van der Waals surface area contributed by atoms with Crippen LogP contribution in [0.1, 0.15) is 12.0 Å². The van der Waals surface area contributed by atoms with E-state index in [4.69, 9.17) is 4.74 Å². The lowest BCUT2D eigenvalue weighted by Gasteiger charge is -2.24. The molecule has 1 aliphatic heterocycles. The van der Waals surface area contributed by atoms with Gasteiger partial charge in [-0.3, -0.25) is 9.59 Å². The van der Waals surface area contributed by atoms with Gasteiger partial charge in [-0.25, -0.2) is 22.8 Å². The molecule has 4 aromatic rings. The Bertz CT molecular complexity index is 1450. The summed E-state index contributed by atoms with van der Waals surface area (Å²) in [7, 11) is 0. The minimum Gasteiger partial charge on any atom is -0.457 e. The monoisotopic (exact) mass is 535 g/mol. The first-order valence-corrected chi connectivity index (χ1v) is 12.3. The summed E-state index contributed by atoms with van der Waals surface area (Å²) in [5.41, 5.74) is 0.693. The molecule has 1 aromatic heterocycles. The molecule has 0 bridgehead atoms. The fourth-order valence-electron chi connectivity index (χ4n) is 4.53. The zero-order chi connectivity index (χ0) is 27.4. The summed E-state index contributed by atoms with van der Waals surface area (Å²) < 4.78 is 47.6. The van der Waals surface area contributed by atoms with E-state index in [1.165, 1.54) is 53.5 Å². The minimum atomic E-state index is -0.687. The third kappa shape index (κ3) is 6.32. The summed E-state index contributed by atoms with van der Waals surface area (Å²) in [6.07, 6.45) is 3.64. The fourth-order valence-corrected chi connectivity index (χ4v) is 4.53. The van der Waals surface area contributed by atoms with E-state index >= 15 is 0 Å². The number of benzene rings is 3. The molecule has 5 rings (SSSR count). The van der Waals surface area contributed by atoms with Crippen molar-refractivity contribution in [2.24, 2.45) is 5.92 Å². The first-order chi connectivity index (χ1) is 18.9. The second-order valence-corrected chi connectivity index (χ2v) is 9.22. The molecule has 3 aromatic carbocycles. The van der Waals surface area contributed by atoms with Gasteiger partial charge in [0.25, 0.3) is 11.8 Å². The number of nitrogens with one attached hydrogen (secondary N) is 1. The summed E-state index contributed by atoms with van der Waals surface area (Å²) in [6.45, 7) is 0.222. The van der Waals surface area contributed by atoms with Gasteiger partial charge in [0.15, 0.2) is 0 Å². The second-order valence-electron chi connectivity index (χ2n) is 9.22. The summed E-state index contributed by atoms with van der Waals surface area (Å²) in [5, 5.41) is 10.7. The molecule has 200 valence electrons. The van der Waals surface area contributed by atoms with Gasteiger partial charge in [0, 0.05) is 12.3 Å². The van der Waals surface area contributed by atoms with Crippen LogP contribution in [0.4, 0.5) is 18.9 Å². The van der Waals surface area contributed by atoms with E-state index in [9.17, 15) is 22.8 Å². The van der Waals surface area contributed by atoms with Crippen LogP contribution < -0.4 is 15.0 Å². The van der Waals surface area contributed by atoms with Crippen molar-refractivity contribution in [2.75, 3.05) is 11.4 Å². The summed E-state index contributed by atoms with van der Waals surface area (Å²) >= 11 is 0. The summed E-state index contributed by atoms with van der Waals surface area (Å²) in [4.78, 5) is 28.0. The van der Waals surface area contributed by atoms with Crippen LogP contribution in [0.2, 0.25) is 0 Å². The Balaban J connectivity index is 1.32. The molecule has 2 amide bonds. The van der Waals surface area contributed by atoms with Crippen LogP contribution >= 0.6 is 0 Å². The Morgan fingerprint density at radius 1 is 0.974 bits per heavy atom. The van der Waals surface area contributed by atoms with Crippen LogP contribution in [0.25, 0.3) is 0 Å². The van der Waals surface area contributed by atoms with Gasteiger partial charge >= 0.3 is 0 Å². The van der Waals surface area contributed by atoms with E-state index in [1.807, 2.05) is 0 Å². The first-order valence-electron chi connectivity index (χ1n) is 12.3. The van der Waals surface area contributed by atoms with Crippen molar-refractivity contribution < 1.29 is 27.5 Å². The Kier molecular flexibility index (Phi) is 7.69. The van der Waals surface area contributed by atoms with Crippen molar-refractivity contribution in [3.63, 3.8) is 0 Å². The number of amides is 2. The largest absolute Gasteiger partial charge is 0.457 e. The number of rotatable bonds is 8. The van der Waals surface area contributed by atoms with Crippen LogP contribution in [0.5, 0.6) is 11.5 Å². The van der Waals surface area contributed by atoms with Crippen molar-refractivity contribution in [2.45, 2.75) is 25.4 Å². The summed E-state index contributed by atoms with van der Waals surface area (Å²) in [5.74, 6) is -1.87. The maximum absolute atomic E-state index is 14.2. The molecule has 2 atom stereocenters. The molecule has 2 heterocycles. The highest BCUT2D eigenvalue weighted by atomic mass is 19.1. The number of imide groups is 1. The maximum Gasteiger partial charge on any atom is 0.255 e. The number of aromatic nitrogens is 3. The lowest BCUT2D eigenvalue weighted by atomic mass is 9.96. The molecule has 1 aliphatic rings. The highest BCUT2D eigenvalue weighted by molar-refractivity contribution is 6.16. The molecule has 0 saturated carbocycles. The standard InChI is InChI=1S/C28H24F3N5O3/c29-20-3-7-23(8-4-20)39-24-9-5-22(6-10-24)36(27(37)17-35-12-11-33-34-35)28(38)26-14-18(16-32-26)13-19-1-2-21(30)15-25(19)31/h1-12,15,18,26,32H,13-14,16-17H2. The van der Waals surface area contributed by atoms with E-state index in [2.05, 4.69) is 15.6 Å². The molecule has 0 aliphatic carbocycles. The van der Waals surface area contributed by atoms with E-state index in [0.717, 1.165) is 11.0 Å². The lowest BCUT2D eigenvalue weighted by molar-refractivity contribution is -0.128. The highest BCUT2D eigenvalue weighted by Crippen LogP contribution is 2.28. The van der Waals surface area contributed by atoms with Crippen molar-refractivity contribution in [1.82, 2.24) is 20.3 Å². The van der Waals surface area contributed by atoms with E-state index in [0.29, 0.717) is 42.1 Å². The average molecular weight is 536 g/mol. The molecule has 0 radical (unpaired) electrons. The molecule has 0 spiro atoms. The second kappa shape index (κ2) is 11.5. The maximum atomic E-state index is 14.2. The number of hydrogen-bond acceptors (Lipinski definition) is 6. The van der Waals surface area contributed by atoms with Gasteiger partial charge in [-0.1, -0.05) is 11.3 Å². The van der Waals surface area contributed by atoms with E-state index in [1.54, 1.807) is 24.3 Å². The van der Waals surface area contributed by atoms with Crippen LogP contribution in [-0.2, 0) is 22.6 Å². The zero-order valence-electron chi connectivity index (χ0n) is 20.6. The van der Waals surface area contributed by atoms with Crippen molar-refractivity contribution in [3.05, 3.63) is 102 Å². The quantitative estimate of drug-likeness (QED) is 0.363. The predicted molar refractivity (Wildman–Crippen MR) is 135 cm³/mol. The van der Waals surface area contributed by atoms with Crippen molar-refractivity contribution in [3.8, 4) is 11.5 Å². The molecule has 1 fully saturated rings. The predicted octanol–water partition coefficient (Wildman–Crippen LogP) is 4.27. The van der Waals surface area contributed by atoms with Gasteiger partial charge in [0.1, 0.15) is 35.5 Å². The SMILES string of the molecule is O=C(Cn1ccnn1)N(C(=O)C1CC(Cc2ccc(F)cc2F)CN1)c1ccc(Oc2ccc(F)cc2)cc1. The molecule has 39 heavy (non-hydrogen) atoms. The molecule has 1 saturated heterocycles. The van der Waals surface area contributed by atoms with Gasteiger partial charge < -0.3 is 10.1 Å². The third-order valence-electron chi connectivity index (χ3n) is 6.43. The van der Waals surface area contributed by atoms with Gasteiger partial charge in [0.2, 0.25) is 0 Å². The van der Waals surface area contributed by atoms with Gasteiger partial charge in [-0.05, 0) is 85.5 Å². The van der Waals surface area contributed by atoms with E-state index in [-0.39, 0.29) is 18.3 Å². The van der Waals surface area contributed by atoms with Crippen molar-refractivity contribution in [1.29, 1.82) is 0 Å². The number of hydrogen-bond donors (Lipinski definition) is 1. The molecular weight excluding hydrogens is 511 g/mol. The Labute approximate surface area is 222 Å². The highest BCUT2D eigenvalue weighted by Gasteiger charge is 2.36. The summed E-state index contributed by atoms with van der Waals surface area (Å²) in [6, 6.07) is 14.7. The Hall–Kier alpha value is -4.51.